The van der Waals surface area contributed by atoms with Crippen LogP contribution in [0.25, 0.3) is 11.1 Å². The lowest BCUT2D eigenvalue weighted by Crippen LogP contribution is -3.00. The van der Waals surface area contributed by atoms with Crippen molar-refractivity contribution in [2.24, 2.45) is 46.3 Å². The summed E-state index contributed by atoms with van der Waals surface area (Å²) in [4.78, 5) is 28.4. The molecule has 4 saturated carbocycles. The molecule has 0 radical (unpaired) electrons. The Morgan fingerprint density at radius 3 is 2.11 bits per heavy atom. The smallest absolute Gasteiger partial charge is 0.362 e. The number of benzene rings is 3. The summed E-state index contributed by atoms with van der Waals surface area (Å²) in [6, 6.07) is 29.8. The molecule has 6 nitrogen and oxygen atoms in total. The molecule has 342 valence electrons. The van der Waals surface area contributed by atoms with Crippen LogP contribution in [0.3, 0.4) is 0 Å². The topological polar surface area (TPSA) is 55.8 Å². The molecule has 1 aliphatic heterocycles. The average Bonchev–Trinajstić information content (AvgIpc) is 3.87. The van der Waals surface area contributed by atoms with E-state index in [1.807, 2.05) is 11.9 Å². The molecule has 3 aromatic carbocycles. The number of ether oxygens (including phenoxy) is 2. The van der Waals surface area contributed by atoms with E-state index in [1.165, 1.54) is 85.6 Å². The predicted molar refractivity (Wildman–Crippen MR) is 252 cm³/mol. The van der Waals surface area contributed by atoms with Crippen molar-refractivity contribution >= 4 is 23.0 Å². The number of halogens is 1. The average molecular weight is 878 g/mol. The number of fused-ring (bicyclic) bond motifs is 5. The van der Waals surface area contributed by atoms with Crippen LogP contribution in [0.5, 0.6) is 5.75 Å². The standard InChI is InChI=1S/C56H77N2O4.ClH/c1-7-47(41-16-10-8-11-17-41)54(42-18-12-9-13-19-42)43-21-24-45(25-22-43)61-37-34-57(5)52(59)29-20-40(2)49-27-28-50-48-26-23-44-38-46(62-53(60)39-58(6)35-14-15-36-58)30-32-55(44,3)51(48)31-33-56(49,50)4;/h8-13,16-19,21-22,24-25,40,44,46,48-51H,7,14-15,20,23,26-39H2,1-6H3;1H/q+1;/p-1/b54-47-;/t40-,44-,46-,48+,49-,50+,51+,55+,56-;/m1./s1. The molecule has 8 rings (SSSR count). The summed E-state index contributed by atoms with van der Waals surface area (Å²) in [5.41, 5.74) is 6.95. The van der Waals surface area contributed by atoms with Crippen LogP contribution in [-0.4, -0.2) is 74.2 Å². The molecule has 0 bridgehead atoms. The first-order valence-electron chi connectivity index (χ1n) is 24.7. The van der Waals surface area contributed by atoms with E-state index in [0.717, 1.165) is 66.8 Å². The van der Waals surface area contributed by atoms with Crippen LogP contribution in [0, 0.1) is 46.3 Å². The van der Waals surface area contributed by atoms with Gasteiger partial charge in [0.05, 0.1) is 26.7 Å². The number of allylic oxidation sites excluding steroid dienone is 1. The first-order chi connectivity index (χ1) is 29.9. The van der Waals surface area contributed by atoms with Crippen LogP contribution < -0.4 is 17.1 Å². The number of carbonyl (C=O) groups is 2. The van der Waals surface area contributed by atoms with Gasteiger partial charge in [0.1, 0.15) is 18.5 Å². The maximum absolute atomic E-state index is 13.5. The second-order valence-electron chi connectivity index (χ2n) is 21.3. The summed E-state index contributed by atoms with van der Waals surface area (Å²) in [6.45, 7) is 13.7. The lowest BCUT2D eigenvalue weighted by atomic mass is 9.44. The van der Waals surface area contributed by atoms with Gasteiger partial charge < -0.3 is 31.3 Å². The van der Waals surface area contributed by atoms with E-state index in [1.54, 1.807) is 0 Å². The molecule has 1 saturated heterocycles. The van der Waals surface area contributed by atoms with Crippen molar-refractivity contribution in [2.45, 2.75) is 124 Å². The third kappa shape index (κ3) is 10.1. The molecule has 5 fully saturated rings. The SMILES string of the molecule is CC/C(=C(\c1ccccc1)c1ccc(OCCN(C)C(=O)CC[C@@H](C)[C@H]2CC[C@H]3[C@@H]4CC[C@@H]5C[C@H](OC(=O)C[N+]6(C)CCCC6)CC[C@]5(C)[C@H]4CC[C@]23C)cc1)c1ccccc1.[Cl-]. The Kier molecular flexibility index (Phi) is 15.2. The third-order valence-corrected chi connectivity index (χ3v) is 17.8. The number of hydrogen-bond acceptors (Lipinski definition) is 4. The molecule has 3 aromatic rings. The van der Waals surface area contributed by atoms with E-state index >= 15 is 0 Å². The Bertz CT molecular complexity index is 2010. The highest BCUT2D eigenvalue weighted by atomic mass is 35.5. The summed E-state index contributed by atoms with van der Waals surface area (Å²) in [7, 11) is 4.16. The van der Waals surface area contributed by atoms with E-state index in [0.29, 0.717) is 54.7 Å². The molecule has 0 N–H and O–H groups in total. The highest BCUT2D eigenvalue weighted by Gasteiger charge is 2.60. The van der Waals surface area contributed by atoms with Gasteiger partial charge in [-0.15, -0.1) is 0 Å². The lowest BCUT2D eigenvalue weighted by molar-refractivity contribution is -0.890. The summed E-state index contributed by atoms with van der Waals surface area (Å²) in [5, 5.41) is 0. The zero-order valence-electron chi connectivity index (χ0n) is 39.5. The van der Waals surface area contributed by atoms with Gasteiger partial charge in [-0.1, -0.05) is 100 Å². The zero-order chi connectivity index (χ0) is 43.5. The quantitative estimate of drug-likeness (QED) is 0.0869. The van der Waals surface area contributed by atoms with Gasteiger partial charge in [-0.25, -0.2) is 4.79 Å². The predicted octanol–water partition coefficient (Wildman–Crippen LogP) is 9.12. The number of likely N-dealkylation sites (N-methyl/N-ethyl adjacent to an activating group) is 2. The monoisotopic (exact) mass is 877 g/mol. The second-order valence-corrected chi connectivity index (χ2v) is 21.3. The maximum atomic E-state index is 13.5. The Morgan fingerprint density at radius 2 is 1.43 bits per heavy atom. The highest BCUT2D eigenvalue weighted by Crippen LogP contribution is 2.68. The van der Waals surface area contributed by atoms with E-state index < -0.39 is 0 Å². The number of esters is 1. The molecular formula is C56H77ClN2O4. The number of nitrogens with zero attached hydrogens (tertiary/aromatic N) is 2. The van der Waals surface area contributed by atoms with E-state index in [-0.39, 0.29) is 30.4 Å². The molecule has 0 spiro atoms. The number of amides is 1. The molecule has 5 aliphatic rings. The number of likely N-dealkylation sites (tertiary alicyclic amines) is 1. The van der Waals surface area contributed by atoms with Gasteiger partial charge >= 0.3 is 5.97 Å². The first-order valence-corrected chi connectivity index (χ1v) is 24.7. The lowest BCUT2D eigenvalue weighted by Gasteiger charge is -2.61. The minimum Gasteiger partial charge on any atom is -1.00 e. The molecule has 1 heterocycles. The normalized spacial score (nSPS) is 30.4. The van der Waals surface area contributed by atoms with Crippen molar-refractivity contribution in [3.63, 3.8) is 0 Å². The fraction of sp³-hybridized carbons (Fsp3) is 0.607. The zero-order valence-corrected chi connectivity index (χ0v) is 40.2. The van der Waals surface area contributed by atoms with Crippen molar-refractivity contribution < 1.29 is 36.0 Å². The van der Waals surface area contributed by atoms with Gasteiger partial charge in [-0.05, 0) is 157 Å². The van der Waals surface area contributed by atoms with Crippen LogP contribution in [0.15, 0.2) is 84.9 Å². The molecule has 4 aliphatic carbocycles. The Hall–Kier alpha value is -3.61. The molecule has 0 unspecified atom stereocenters. The molecule has 63 heavy (non-hydrogen) atoms. The van der Waals surface area contributed by atoms with Crippen molar-refractivity contribution in [1.82, 2.24) is 4.90 Å². The van der Waals surface area contributed by atoms with Gasteiger partial charge in [0.25, 0.3) is 0 Å². The van der Waals surface area contributed by atoms with Gasteiger partial charge in [0.2, 0.25) is 5.91 Å². The van der Waals surface area contributed by atoms with Crippen molar-refractivity contribution in [1.29, 1.82) is 0 Å². The van der Waals surface area contributed by atoms with Crippen LogP contribution in [0.2, 0.25) is 0 Å². The minimum absolute atomic E-state index is 0. The number of hydrogen-bond donors (Lipinski definition) is 0. The Labute approximate surface area is 386 Å². The van der Waals surface area contributed by atoms with Crippen LogP contribution in [-0.2, 0) is 14.3 Å². The minimum atomic E-state index is 0. The second kappa shape index (κ2) is 20.3. The molecule has 9 atom stereocenters. The molecule has 1 amide bonds. The highest BCUT2D eigenvalue weighted by molar-refractivity contribution is 5.98. The summed E-state index contributed by atoms with van der Waals surface area (Å²) >= 11 is 0. The first kappa shape index (κ1) is 47.4. The summed E-state index contributed by atoms with van der Waals surface area (Å²) < 4.78 is 13.3. The van der Waals surface area contributed by atoms with E-state index in [2.05, 4.69) is 120 Å². The van der Waals surface area contributed by atoms with E-state index in [4.69, 9.17) is 9.47 Å². The molecular weight excluding hydrogens is 800 g/mol. The fourth-order valence-corrected chi connectivity index (χ4v) is 14.3. The Balaban J connectivity index is 0.00000595. The van der Waals surface area contributed by atoms with Crippen LogP contribution in [0.1, 0.15) is 134 Å². The molecule has 0 aromatic heterocycles. The largest absolute Gasteiger partial charge is 1.00 e. The fourth-order valence-electron chi connectivity index (χ4n) is 14.3. The van der Waals surface area contributed by atoms with Crippen molar-refractivity contribution in [3.05, 3.63) is 102 Å². The molecule has 7 heteroatoms. The van der Waals surface area contributed by atoms with Crippen molar-refractivity contribution in [2.75, 3.05) is 46.9 Å². The van der Waals surface area contributed by atoms with Gasteiger partial charge in [-0.3, -0.25) is 4.79 Å². The number of rotatable bonds is 15. The van der Waals surface area contributed by atoms with Gasteiger partial charge in [-0.2, -0.15) is 0 Å². The maximum Gasteiger partial charge on any atom is 0.362 e. The van der Waals surface area contributed by atoms with Crippen LogP contribution >= 0.6 is 0 Å². The van der Waals surface area contributed by atoms with E-state index in [9.17, 15) is 9.59 Å². The van der Waals surface area contributed by atoms with Crippen LogP contribution in [0.4, 0.5) is 0 Å². The van der Waals surface area contributed by atoms with Crippen molar-refractivity contribution in [3.8, 4) is 5.75 Å². The third-order valence-electron chi connectivity index (χ3n) is 17.8. The Morgan fingerprint density at radius 1 is 0.794 bits per heavy atom. The number of quaternary nitrogens is 1. The van der Waals surface area contributed by atoms with Gasteiger partial charge in [0, 0.05) is 26.3 Å². The number of carbonyl (C=O) groups excluding carboxylic acids is 2. The van der Waals surface area contributed by atoms with Gasteiger partial charge in [0.15, 0.2) is 6.54 Å². The summed E-state index contributed by atoms with van der Waals surface area (Å²) in [5.74, 6) is 5.42. The summed E-state index contributed by atoms with van der Waals surface area (Å²) in [6.07, 6.45) is 16.4.